The molecule has 124 valence electrons. The maximum atomic E-state index is 6.02. The maximum Gasteiger partial charge on any atom is 0.161 e. The molecular formula is C18H21Cl2NO2. The number of nitrogens with one attached hydrogen (secondary N) is 1. The zero-order valence-electron chi connectivity index (χ0n) is 13.4. The van der Waals surface area contributed by atoms with Crippen molar-refractivity contribution in [3.8, 4) is 11.5 Å². The van der Waals surface area contributed by atoms with Crippen LogP contribution in [0.4, 0.5) is 0 Å². The van der Waals surface area contributed by atoms with Gasteiger partial charge in [-0.1, -0.05) is 42.3 Å². The lowest BCUT2D eigenvalue weighted by Crippen LogP contribution is -2.13. The van der Waals surface area contributed by atoms with E-state index < -0.39 is 0 Å². The number of hydrogen-bond acceptors (Lipinski definition) is 3. The van der Waals surface area contributed by atoms with E-state index in [4.69, 9.17) is 32.7 Å². The number of ether oxygens (including phenoxy) is 2. The van der Waals surface area contributed by atoms with Crippen LogP contribution in [0.15, 0.2) is 36.4 Å². The molecule has 23 heavy (non-hydrogen) atoms. The molecular weight excluding hydrogens is 333 g/mol. The largest absolute Gasteiger partial charge is 0.493 e. The topological polar surface area (TPSA) is 30.5 Å². The van der Waals surface area contributed by atoms with Crippen LogP contribution >= 0.6 is 23.2 Å². The van der Waals surface area contributed by atoms with Crippen molar-refractivity contribution in [3.63, 3.8) is 0 Å². The molecule has 0 atom stereocenters. The third-order valence-electron chi connectivity index (χ3n) is 3.36. The average Bonchev–Trinajstić information content (AvgIpc) is 2.56. The summed E-state index contributed by atoms with van der Waals surface area (Å²) < 4.78 is 11.3. The first-order chi connectivity index (χ1) is 11.1. The lowest BCUT2D eigenvalue weighted by molar-refractivity contribution is 0.284. The molecule has 0 saturated heterocycles. The minimum atomic E-state index is 0.403. The summed E-state index contributed by atoms with van der Waals surface area (Å²) in [6, 6.07) is 11.4. The van der Waals surface area contributed by atoms with Gasteiger partial charge in [0, 0.05) is 6.54 Å². The second-order valence-corrected chi connectivity index (χ2v) is 6.01. The normalized spacial score (nSPS) is 10.6. The molecule has 0 saturated carbocycles. The van der Waals surface area contributed by atoms with Crippen molar-refractivity contribution in [2.75, 3.05) is 13.7 Å². The van der Waals surface area contributed by atoms with E-state index in [2.05, 4.69) is 12.2 Å². The lowest BCUT2D eigenvalue weighted by Gasteiger charge is -2.13. The van der Waals surface area contributed by atoms with E-state index in [9.17, 15) is 0 Å². The number of rotatable bonds is 8. The molecule has 5 heteroatoms. The van der Waals surface area contributed by atoms with E-state index >= 15 is 0 Å². The van der Waals surface area contributed by atoms with Gasteiger partial charge in [-0.2, -0.15) is 0 Å². The van der Waals surface area contributed by atoms with Gasteiger partial charge in [-0.05, 0) is 48.4 Å². The van der Waals surface area contributed by atoms with E-state index in [1.165, 1.54) is 0 Å². The first-order valence-electron chi connectivity index (χ1n) is 7.58. The van der Waals surface area contributed by atoms with Crippen LogP contribution in [-0.4, -0.2) is 13.7 Å². The molecule has 0 aliphatic carbocycles. The molecule has 0 bridgehead atoms. The lowest BCUT2D eigenvalue weighted by atomic mass is 10.2. The first kappa shape index (κ1) is 17.9. The molecule has 0 heterocycles. The van der Waals surface area contributed by atoms with Crippen LogP contribution in [0.25, 0.3) is 0 Å². The number of halogens is 2. The highest BCUT2D eigenvalue weighted by atomic mass is 35.5. The molecule has 0 fully saturated rings. The first-order valence-corrected chi connectivity index (χ1v) is 8.34. The van der Waals surface area contributed by atoms with Crippen LogP contribution in [0.1, 0.15) is 24.5 Å². The van der Waals surface area contributed by atoms with Crippen molar-refractivity contribution in [2.45, 2.75) is 26.5 Å². The molecule has 0 aliphatic heterocycles. The molecule has 0 spiro atoms. The van der Waals surface area contributed by atoms with Crippen molar-refractivity contribution in [1.82, 2.24) is 5.32 Å². The van der Waals surface area contributed by atoms with E-state index in [-0.39, 0.29) is 0 Å². The summed E-state index contributed by atoms with van der Waals surface area (Å²) in [7, 11) is 1.64. The fourth-order valence-electron chi connectivity index (χ4n) is 2.14. The van der Waals surface area contributed by atoms with Crippen molar-refractivity contribution >= 4 is 23.2 Å². The van der Waals surface area contributed by atoms with Crippen molar-refractivity contribution < 1.29 is 9.47 Å². The standard InChI is InChI=1S/C18H21Cl2NO2/c1-3-8-21-11-13-5-7-17(18(10-13)22-2)23-12-14-4-6-15(19)16(20)9-14/h4-7,9-10,21H,3,8,11-12H2,1-2H3. The fraction of sp³-hybridized carbons (Fsp3) is 0.333. The summed E-state index contributed by atoms with van der Waals surface area (Å²) in [6.07, 6.45) is 1.11. The molecule has 0 aliphatic rings. The van der Waals surface area contributed by atoms with Gasteiger partial charge in [0.1, 0.15) is 6.61 Å². The van der Waals surface area contributed by atoms with Gasteiger partial charge in [0.05, 0.1) is 17.2 Å². The Balaban J connectivity index is 2.02. The Labute approximate surface area is 147 Å². The number of benzene rings is 2. The van der Waals surface area contributed by atoms with Crippen LogP contribution in [0.3, 0.4) is 0 Å². The summed E-state index contributed by atoms with van der Waals surface area (Å²) >= 11 is 11.9. The molecule has 0 aromatic heterocycles. The fourth-order valence-corrected chi connectivity index (χ4v) is 2.46. The van der Waals surface area contributed by atoms with Crippen molar-refractivity contribution in [2.24, 2.45) is 0 Å². The van der Waals surface area contributed by atoms with Gasteiger partial charge in [-0.25, -0.2) is 0 Å². The van der Waals surface area contributed by atoms with Crippen LogP contribution in [-0.2, 0) is 13.2 Å². The summed E-state index contributed by atoms with van der Waals surface area (Å²) in [6.45, 7) is 4.36. The van der Waals surface area contributed by atoms with Gasteiger partial charge in [0.15, 0.2) is 11.5 Å². The number of methoxy groups -OCH3 is 1. The Morgan fingerprint density at radius 2 is 1.74 bits per heavy atom. The van der Waals surface area contributed by atoms with Crippen LogP contribution in [0.2, 0.25) is 10.0 Å². The third kappa shape index (κ3) is 5.31. The highest BCUT2D eigenvalue weighted by molar-refractivity contribution is 6.42. The average molecular weight is 354 g/mol. The molecule has 1 N–H and O–H groups in total. The summed E-state index contributed by atoms with van der Waals surface area (Å²) in [4.78, 5) is 0. The minimum Gasteiger partial charge on any atom is -0.493 e. The molecule has 3 nitrogen and oxygen atoms in total. The van der Waals surface area contributed by atoms with Gasteiger partial charge in [0.25, 0.3) is 0 Å². The highest BCUT2D eigenvalue weighted by Gasteiger charge is 2.07. The van der Waals surface area contributed by atoms with E-state index in [1.54, 1.807) is 19.2 Å². The predicted octanol–water partition coefficient (Wildman–Crippen LogP) is 5.08. The van der Waals surface area contributed by atoms with E-state index in [1.807, 2.05) is 24.3 Å². The Morgan fingerprint density at radius 1 is 0.957 bits per heavy atom. The highest BCUT2D eigenvalue weighted by Crippen LogP contribution is 2.29. The monoisotopic (exact) mass is 353 g/mol. The van der Waals surface area contributed by atoms with Gasteiger partial charge in [-0.3, -0.25) is 0 Å². The van der Waals surface area contributed by atoms with Crippen molar-refractivity contribution in [1.29, 1.82) is 0 Å². The molecule has 0 radical (unpaired) electrons. The van der Waals surface area contributed by atoms with Crippen LogP contribution in [0.5, 0.6) is 11.5 Å². The Kier molecular flexibility index (Phi) is 7.03. The molecule has 2 aromatic rings. The van der Waals surface area contributed by atoms with Gasteiger partial charge >= 0.3 is 0 Å². The zero-order chi connectivity index (χ0) is 16.7. The Bertz CT molecular complexity index is 647. The second-order valence-electron chi connectivity index (χ2n) is 5.20. The minimum absolute atomic E-state index is 0.403. The van der Waals surface area contributed by atoms with E-state index in [0.717, 1.165) is 36.4 Å². The van der Waals surface area contributed by atoms with Gasteiger partial charge in [0.2, 0.25) is 0 Å². The van der Waals surface area contributed by atoms with Gasteiger partial charge < -0.3 is 14.8 Å². The maximum absolute atomic E-state index is 6.02. The summed E-state index contributed by atoms with van der Waals surface area (Å²) in [5.41, 5.74) is 2.12. The molecule has 2 rings (SSSR count). The van der Waals surface area contributed by atoms with Crippen LogP contribution < -0.4 is 14.8 Å². The summed E-state index contributed by atoms with van der Waals surface area (Å²) in [5.74, 6) is 1.43. The van der Waals surface area contributed by atoms with Crippen LogP contribution in [0, 0.1) is 0 Å². The van der Waals surface area contributed by atoms with Gasteiger partial charge in [-0.15, -0.1) is 0 Å². The summed E-state index contributed by atoms with van der Waals surface area (Å²) in [5, 5.41) is 4.43. The third-order valence-corrected chi connectivity index (χ3v) is 4.10. The quantitative estimate of drug-likeness (QED) is 0.671. The Hall–Kier alpha value is -1.42. The SMILES string of the molecule is CCCNCc1ccc(OCc2ccc(Cl)c(Cl)c2)c(OC)c1. The zero-order valence-corrected chi connectivity index (χ0v) is 14.9. The van der Waals surface area contributed by atoms with E-state index in [0.29, 0.717) is 22.4 Å². The molecule has 0 unspecified atom stereocenters. The second kappa shape index (κ2) is 9.02. The number of hydrogen-bond donors (Lipinski definition) is 1. The smallest absolute Gasteiger partial charge is 0.161 e. The molecule has 0 amide bonds. The Morgan fingerprint density at radius 3 is 2.43 bits per heavy atom. The molecule has 2 aromatic carbocycles. The van der Waals surface area contributed by atoms with Crippen molar-refractivity contribution in [3.05, 3.63) is 57.6 Å². The predicted molar refractivity (Wildman–Crippen MR) is 95.8 cm³/mol.